The number of sulfonamides is 1. The van der Waals surface area contributed by atoms with Crippen LogP contribution in [0, 0.1) is 18.8 Å². The quantitative estimate of drug-likeness (QED) is 0.895. The molecule has 0 aromatic heterocycles. The SMILES string of the molecule is Cc1cccc(S(=O)(=O)N2C[C@H]3CNC[C@H]3C2)c1.Cl. The summed E-state index contributed by atoms with van der Waals surface area (Å²) < 4.78 is 26.7. The highest BCUT2D eigenvalue weighted by atomic mass is 35.5. The molecule has 0 amide bonds. The molecule has 0 aliphatic carbocycles. The second-order valence-corrected chi connectivity index (χ2v) is 7.25. The summed E-state index contributed by atoms with van der Waals surface area (Å²) in [4.78, 5) is 0.426. The average Bonchev–Trinajstić information content (AvgIpc) is 2.89. The molecule has 1 aromatic rings. The van der Waals surface area contributed by atoms with Crippen molar-refractivity contribution in [1.29, 1.82) is 0 Å². The number of hydrogen-bond donors (Lipinski definition) is 1. The van der Waals surface area contributed by atoms with Crippen LogP contribution in [0.1, 0.15) is 5.56 Å². The van der Waals surface area contributed by atoms with Crippen LogP contribution in [-0.4, -0.2) is 38.9 Å². The second-order valence-electron chi connectivity index (χ2n) is 5.32. The topological polar surface area (TPSA) is 49.4 Å². The maximum absolute atomic E-state index is 12.5. The van der Waals surface area contributed by atoms with E-state index in [1.807, 2.05) is 13.0 Å². The van der Waals surface area contributed by atoms with E-state index in [1.54, 1.807) is 22.5 Å². The van der Waals surface area contributed by atoms with E-state index in [0.717, 1.165) is 18.7 Å². The Labute approximate surface area is 120 Å². The summed E-state index contributed by atoms with van der Waals surface area (Å²) in [5, 5.41) is 3.32. The van der Waals surface area contributed by atoms with Gasteiger partial charge in [0.05, 0.1) is 4.90 Å². The van der Waals surface area contributed by atoms with Crippen molar-refractivity contribution >= 4 is 22.4 Å². The molecule has 106 valence electrons. The fraction of sp³-hybridized carbons (Fsp3) is 0.538. The molecule has 0 spiro atoms. The Hall–Kier alpha value is -0.620. The smallest absolute Gasteiger partial charge is 0.243 e. The highest BCUT2D eigenvalue weighted by Crippen LogP contribution is 2.30. The zero-order chi connectivity index (χ0) is 12.8. The van der Waals surface area contributed by atoms with Crippen LogP contribution in [0.15, 0.2) is 29.2 Å². The summed E-state index contributed by atoms with van der Waals surface area (Å²) in [5.41, 5.74) is 0.983. The van der Waals surface area contributed by atoms with Crippen LogP contribution < -0.4 is 5.32 Å². The number of halogens is 1. The van der Waals surface area contributed by atoms with Crippen molar-refractivity contribution in [2.75, 3.05) is 26.2 Å². The fourth-order valence-electron chi connectivity index (χ4n) is 2.93. The molecule has 2 saturated heterocycles. The van der Waals surface area contributed by atoms with Crippen LogP contribution in [0.2, 0.25) is 0 Å². The maximum atomic E-state index is 12.5. The van der Waals surface area contributed by atoms with Gasteiger partial charge in [0, 0.05) is 13.1 Å². The lowest BCUT2D eigenvalue weighted by Gasteiger charge is -2.17. The van der Waals surface area contributed by atoms with Gasteiger partial charge in [0.25, 0.3) is 0 Å². The van der Waals surface area contributed by atoms with Gasteiger partial charge in [0.1, 0.15) is 0 Å². The number of rotatable bonds is 2. The lowest BCUT2D eigenvalue weighted by molar-refractivity contribution is 0.448. The van der Waals surface area contributed by atoms with Gasteiger partial charge in [-0.05, 0) is 49.5 Å². The summed E-state index contributed by atoms with van der Waals surface area (Å²) >= 11 is 0. The molecular weight excluding hydrogens is 284 g/mol. The van der Waals surface area contributed by atoms with Gasteiger partial charge in [-0.25, -0.2) is 8.42 Å². The molecular formula is C13H19ClN2O2S. The molecule has 4 nitrogen and oxygen atoms in total. The number of hydrogen-bond acceptors (Lipinski definition) is 3. The molecule has 0 radical (unpaired) electrons. The summed E-state index contributed by atoms with van der Waals surface area (Å²) in [7, 11) is -3.30. The Bertz CT molecular complexity index is 550. The molecule has 6 heteroatoms. The van der Waals surface area contributed by atoms with Crippen LogP contribution in [0.3, 0.4) is 0 Å². The normalized spacial score (nSPS) is 27.0. The molecule has 2 aliphatic heterocycles. The third-order valence-corrected chi connectivity index (χ3v) is 5.81. The highest BCUT2D eigenvalue weighted by Gasteiger charge is 2.41. The van der Waals surface area contributed by atoms with Gasteiger partial charge in [-0.3, -0.25) is 0 Å². The molecule has 19 heavy (non-hydrogen) atoms. The van der Waals surface area contributed by atoms with Crippen molar-refractivity contribution in [1.82, 2.24) is 9.62 Å². The molecule has 0 saturated carbocycles. The molecule has 0 unspecified atom stereocenters. The van der Waals surface area contributed by atoms with E-state index in [9.17, 15) is 8.42 Å². The van der Waals surface area contributed by atoms with E-state index in [1.165, 1.54) is 0 Å². The summed E-state index contributed by atoms with van der Waals surface area (Å²) in [6, 6.07) is 7.17. The van der Waals surface area contributed by atoms with Gasteiger partial charge in [0.15, 0.2) is 0 Å². The summed E-state index contributed by atoms with van der Waals surface area (Å²) in [5.74, 6) is 0.981. The standard InChI is InChI=1S/C13H18N2O2S.ClH/c1-10-3-2-4-13(5-10)18(16,17)15-8-11-6-14-7-12(11)9-15;/h2-5,11-12,14H,6-9H2,1H3;1H/t11-,12+;. The molecule has 1 aromatic carbocycles. The van der Waals surface area contributed by atoms with Crippen LogP contribution in [0.5, 0.6) is 0 Å². The van der Waals surface area contributed by atoms with Crippen LogP contribution in [0.25, 0.3) is 0 Å². The van der Waals surface area contributed by atoms with E-state index >= 15 is 0 Å². The minimum atomic E-state index is -3.30. The molecule has 2 atom stereocenters. The van der Waals surface area contributed by atoms with Crippen LogP contribution in [0.4, 0.5) is 0 Å². The Morgan fingerprint density at radius 1 is 1.21 bits per heavy atom. The first-order valence-corrected chi connectivity index (χ1v) is 7.79. The predicted octanol–water partition coefficient (Wildman–Crippen LogP) is 1.26. The largest absolute Gasteiger partial charge is 0.316 e. The fourth-order valence-corrected chi connectivity index (χ4v) is 4.59. The highest BCUT2D eigenvalue weighted by molar-refractivity contribution is 7.89. The van der Waals surface area contributed by atoms with Gasteiger partial charge < -0.3 is 5.32 Å². The number of nitrogens with zero attached hydrogens (tertiary/aromatic N) is 1. The van der Waals surface area contributed by atoms with E-state index in [4.69, 9.17) is 0 Å². The van der Waals surface area contributed by atoms with Crippen molar-refractivity contribution in [3.05, 3.63) is 29.8 Å². The van der Waals surface area contributed by atoms with E-state index in [0.29, 0.717) is 29.8 Å². The van der Waals surface area contributed by atoms with Crippen LogP contribution >= 0.6 is 12.4 Å². The Morgan fingerprint density at radius 2 is 1.84 bits per heavy atom. The summed E-state index contributed by atoms with van der Waals surface area (Å²) in [6.07, 6.45) is 0. The van der Waals surface area contributed by atoms with Gasteiger partial charge in [-0.2, -0.15) is 4.31 Å². The molecule has 1 N–H and O–H groups in total. The predicted molar refractivity (Wildman–Crippen MR) is 77.0 cm³/mol. The number of fused-ring (bicyclic) bond motifs is 1. The number of nitrogens with one attached hydrogen (secondary N) is 1. The monoisotopic (exact) mass is 302 g/mol. The first kappa shape index (κ1) is 14.8. The van der Waals surface area contributed by atoms with Gasteiger partial charge in [-0.15, -0.1) is 12.4 Å². The minimum Gasteiger partial charge on any atom is -0.316 e. The first-order chi connectivity index (χ1) is 8.57. The van der Waals surface area contributed by atoms with E-state index in [2.05, 4.69) is 5.32 Å². The first-order valence-electron chi connectivity index (χ1n) is 6.35. The van der Waals surface area contributed by atoms with Crippen molar-refractivity contribution in [3.63, 3.8) is 0 Å². The lowest BCUT2D eigenvalue weighted by Crippen LogP contribution is -2.31. The molecule has 3 rings (SSSR count). The zero-order valence-corrected chi connectivity index (χ0v) is 12.5. The third kappa shape index (κ3) is 2.65. The Kier molecular flexibility index (Phi) is 4.20. The van der Waals surface area contributed by atoms with Crippen molar-refractivity contribution in [3.8, 4) is 0 Å². The Morgan fingerprint density at radius 3 is 2.42 bits per heavy atom. The molecule has 2 aliphatic rings. The zero-order valence-electron chi connectivity index (χ0n) is 10.9. The lowest BCUT2D eigenvalue weighted by atomic mass is 10.0. The maximum Gasteiger partial charge on any atom is 0.243 e. The third-order valence-electron chi connectivity index (χ3n) is 3.98. The number of benzene rings is 1. The van der Waals surface area contributed by atoms with Gasteiger partial charge in [0.2, 0.25) is 10.0 Å². The Balaban J connectivity index is 0.00000133. The molecule has 2 fully saturated rings. The molecule has 2 heterocycles. The second kappa shape index (κ2) is 5.40. The van der Waals surface area contributed by atoms with Crippen molar-refractivity contribution in [2.24, 2.45) is 11.8 Å². The van der Waals surface area contributed by atoms with Crippen molar-refractivity contribution < 1.29 is 8.42 Å². The number of aryl methyl sites for hydroxylation is 1. The minimum absolute atomic E-state index is 0. The van der Waals surface area contributed by atoms with E-state index < -0.39 is 10.0 Å². The molecule has 0 bridgehead atoms. The van der Waals surface area contributed by atoms with E-state index in [-0.39, 0.29) is 12.4 Å². The van der Waals surface area contributed by atoms with Crippen molar-refractivity contribution in [2.45, 2.75) is 11.8 Å². The summed E-state index contributed by atoms with van der Waals surface area (Å²) in [6.45, 7) is 5.14. The van der Waals surface area contributed by atoms with Gasteiger partial charge >= 0.3 is 0 Å². The average molecular weight is 303 g/mol. The van der Waals surface area contributed by atoms with Gasteiger partial charge in [-0.1, -0.05) is 12.1 Å². The van der Waals surface area contributed by atoms with Crippen LogP contribution in [-0.2, 0) is 10.0 Å².